The third kappa shape index (κ3) is 2.96. The Balaban J connectivity index is 2.25. The van der Waals surface area contributed by atoms with Crippen LogP contribution in [0.4, 0.5) is 13.2 Å². The lowest BCUT2D eigenvalue weighted by atomic mass is 10.0. The topological polar surface area (TPSA) is 15.3 Å². The summed E-state index contributed by atoms with van der Waals surface area (Å²) in [6.07, 6.45) is -2.55. The van der Waals surface area contributed by atoms with Crippen LogP contribution in [0.15, 0.2) is 18.2 Å². The van der Waals surface area contributed by atoms with Gasteiger partial charge in [0, 0.05) is 26.2 Å². The molecule has 0 saturated carbocycles. The Morgan fingerprint density at radius 1 is 1.22 bits per heavy atom. The zero-order valence-corrected chi connectivity index (χ0v) is 10.4. The van der Waals surface area contributed by atoms with E-state index >= 15 is 0 Å². The molecule has 1 aromatic carbocycles. The summed E-state index contributed by atoms with van der Waals surface area (Å²) >= 11 is 5.56. The van der Waals surface area contributed by atoms with Crippen LogP contribution in [0.5, 0.6) is 0 Å². The van der Waals surface area contributed by atoms with Crippen LogP contribution in [-0.2, 0) is 0 Å². The van der Waals surface area contributed by atoms with Crippen molar-refractivity contribution >= 4 is 11.6 Å². The maximum absolute atomic E-state index is 13.4. The largest absolute Gasteiger partial charge is 0.314 e. The van der Waals surface area contributed by atoms with E-state index < -0.39 is 18.3 Å². The average Bonchev–Trinajstić information content (AvgIpc) is 2.35. The minimum Gasteiger partial charge on any atom is -0.314 e. The molecule has 100 valence electrons. The van der Waals surface area contributed by atoms with Crippen LogP contribution < -0.4 is 5.32 Å². The molecule has 1 aromatic rings. The Bertz CT molecular complexity index is 408. The first-order valence-corrected chi connectivity index (χ1v) is 6.15. The summed E-state index contributed by atoms with van der Waals surface area (Å²) in [7, 11) is 0. The van der Waals surface area contributed by atoms with Gasteiger partial charge in [0.1, 0.15) is 5.82 Å². The molecule has 18 heavy (non-hydrogen) atoms. The normalized spacial score (nSPS) is 19.2. The van der Waals surface area contributed by atoms with Crippen molar-refractivity contribution < 1.29 is 13.2 Å². The standard InChI is InChI=1S/C12H14ClF3N2/c13-9-2-1-8(7-10(9)14)11(12(15)16)18-5-3-17-4-6-18/h1-2,7,11-12,17H,3-6H2/t11-/m0/s1. The van der Waals surface area contributed by atoms with Crippen molar-refractivity contribution in [1.82, 2.24) is 10.2 Å². The van der Waals surface area contributed by atoms with Gasteiger partial charge in [0.15, 0.2) is 0 Å². The van der Waals surface area contributed by atoms with E-state index in [2.05, 4.69) is 5.32 Å². The molecule has 0 unspecified atom stereocenters. The molecule has 2 rings (SSSR count). The Kier molecular flexibility index (Phi) is 4.48. The molecule has 1 heterocycles. The lowest BCUT2D eigenvalue weighted by molar-refractivity contribution is 0.0180. The number of piperazine rings is 1. The van der Waals surface area contributed by atoms with Crippen molar-refractivity contribution in [1.29, 1.82) is 0 Å². The van der Waals surface area contributed by atoms with Gasteiger partial charge in [0.25, 0.3) is 6.43 Å². The molecule has 0 aromatic heterocycles. The Labute approximate surface area is 109 Å². The SMILES string of the molecule is Fc1cc([C@@H](C(F)F)N2CCNCC2)ccc1Cl. The molecule has 6 heteroatoms. The van der Waals surface area contributed by atoms with Crippen LogP contribution in [0.25, 0.3) is 0 Å². The maximum Gasteiger partial charge on any atom is 0.258 e. The summed E-state index contributed by atoms with van der Waals surface area (Å²) in [5.41, 5.74) is 0.272. The first kappa shape index (κ1) is 13.6. The number of benzene rings is 1. The van der Waals surface area contributed by atoms with Crippen LogP contribution in [0.3, 0.4) is 0 Å². The Morgan fingerprint density at radius 3 is 2.44 bits per heavy atom. The first-order valence-electron chi connectivity index (χ1n) is 5.77. The van der Waals surface area contributed by atoms with Crippen LogP contribution in [0, 0.1) is 5.82 Å². The van der Waals surface area contributed by atoms with E-state index in [1.807, 2.05) is 0 Å². The van der Waals surface area contributed by atoms with Crippen molar-refractivity contribution in [2.24, 2.45) is 0 Å². The van der Waals surface area contributed by atoms with E-state index in [0.29, 0.717) is 26.2 Å². The van der Waals surface area contributed by atoms with Crippen molar-refractivity contribution in [3.8, 4) is 0 Å². The van der Waals surface area contributed by atoms with Gasteiger partial charge < -0.3 is 5.32 Å². The summed E-state index contributed by atoms with van der Waals surface area (Å²) in [4.78, 5) is 1.67. The molecular weight excluding hydrogens is 265 g/mol. The minimum atomic E-state index is -2.55. The third-order valence-corrected chi connectivity index (χ3v) is 3.38. The second-order valence-electron chi connectivity index (χ2n) is 4.24. The molecule has 0 amide bonds. The number of hydrogen-bond donors (Lipinski definition) is 1. The highest BCUT2D eigenvalue weighted by molar-refractivity contribution is 6.30. The highest BCUT2D eigenvalue weighted by Crippen LogP contribution is 2.29. The predicted molar refractivity (Wildman–Crippen MR) is 64.6 cm³/mol. The summed E-state index contributed by atoms with van der Waals surface area (Å²) < 4.78 is 39.7. The van der Waals surface area contributed by atoms with E-state index in [1.165, 1.54) is 12.1 Å². The lowest BCUT2D eigenvalue weighted by Gasteiger charge is -2.34. The van der Waals surface area contributed by atoms with Gasteiger partial charge in [-0.3, -0.25) is 4.90 Å². The van der Waals surface area contributed by atoms with E-state index in [9.17, 15) is 13.2 Å². The number of rotatable bonds is 3. The van der Waals surface area contributed by atoms with Gasteiger partial charge in [-0.15, -0.1) is 0 Å². The van der Waals surface area contributed by atoms with Gasteiger partial charge in [-0.05, 0) is 17.7 Å². The monoisotopic (exact) mass is 278 g/mol. The van der Waals surface area contributed by atoms with Crippen molar-refractivity contribution in [3.05, 3.63) is 34.6 Å². The van der Waals surface area contributed by atoms with Crippen molar-refractivity contribution in [2.75, 3.05) is 26.2 Å². The first-order chi connectivity index (χ1) is 8.59. The van der Waals surface area contributed by atoms with Gasteiger partial charge in [0.05, 0.1) is 11.1 Å². The van der Waals surface area contributed by atoms with E-state index in [-0.39, 0.29) is 10.6 Å². The fraction of sp³-hybridized carbons (Fsp3) is 0.500. The quantitative estimate of drug-likeness (QED) is 0.914. The highest BCUT2D eigenvalue weighted by atomic mass is 35.5. The average molecular weight is 279 g/mol. The molecule has 1 aliphatic rings. The maximum atomic E-state index is 13.4. The van der Waals surface area contributed by atoms with E-state index in [0.717, 1.165) is 6.07 Å². The molecule has 0 spiro atoms. The number of alkyl halides is 2. The number of nitrogens with zero attached hydrogens (tertiary/aromatic N) is 1. The summed E-state index contributed by atoms with van der Waals surface area (Å²) in [5.74, 6) is -0.657. The van der Waals surface area contributed by atoms with E-state index in [1.54, 1.807) is 4.90 Å². The molecular formula is C12H14ClF3N2. The molecule has 0 radical (unpaired) electrons. The fourth-order valence-corrected chi connectivity index (χ4v) is 2.29. The molecule has 0 aliphatic carbocycles. The molecule has 1 saturated heterocycles. The summed E-state index contributed by atoms with van der Waals surface area (Å²) in [6.45, 7) is 2.39. The lowest BCUT2D eigenvalue weighted by Crippen LogP contribution is -2.46. The second-order valence-corrected chi connectivity index (χ2v) is 4.65. The molecule has 2 nitrogen and oxygen atoms in total. The molecule has 0 bridgehead atoms. The second kappa shape index (κ2) is 5.91. The molecule has 1 aliphatic heterocycles. The Hall–Kier alpha value is -0.780. The fourth-order valence-electron chi connectivity index (χ4n) is 2.17. The Morgan fingerprint density at radius 2 is 1.89 bits per heavy atom. The smallest absolute Gasteiger partial charge is 0.258 e. The minimum absolute atomic E-state index is 0.0490. The summed E-state index contributed by atoms with van der Waals surface area (Å²) in [5, 5.41) is 3.05. The molecule has 1 atom stereocenters. The highest BCUT2D eigenvalue weighted by Gasteiger charge is 2.30. The van der Waals surface area contributed by atoms with Crippen molar-refractivity contribution in [3.63, 3.8) is 0 Å². The van der Waals surface area contributed by atoms with Gasteiger partial charge >= 0.3 is 0 Å². The van der Waals surface area contributed by atoms with Crippen LogP contribution in [0.2, 0.25) is 5.02 Å². The van der Waals surface area contributed by atoms with Crippen LogP contribution in [0.1, 0.15) is 11.6 Å². The van der Waals surface area contributed by atoms with Crippen molar-refractivity contribution in [2.45, 2.75) is 12.5 Å². The zero-order chi connectivity index (χ0) is 13.1. The number of nitrogens with one attached hydrogen (secondary N) is 1. The summed E-state index contributed by atoms with van der Waals surface area (Å²) in [6, 6.07) is 2.81. The predicted octanol–water partition coefficient (Wildman–Crippen LogP) is 2.69. The van der Waals surface area contributed by atoms with Crippen LogP contribution >= 0.6 is 11.6 Å². The van der Waals surface area contributed by atoms with Crippen LogP contribution in [-0.4, -0.2) is 37.5 Å². The van der Waals surface area contributed by atoms with Gasteiger partial charge in [-0.25, -0.2) is 13.2 Å². The van der Waals surface area contributed by atoms with Gasteiger partial charge in [-0.1, -0.05) is 17.7 Å². The molecule has 1 N–H and O–H groups in total. The number of hydrogen-bond acceptors (Lipinski definition) is 2. The zero-order valence-electron chi connectivity index (χ0n) is 9.67. The van der Waals surface area contributed by atoms with Gasteiger partial charge in [0.2, 0.25) is 0 Å². The van der Waals surface area contributed by atoms with E-state index in [4.69, 9.17) is 11.6 Å². The third-order valence-electron chi connectivity index (χ3n) is 3.07. The molecule has 1 fully saturated rings. The van der Waals surface area contributed by atoms with Gasteiger partial charge in [-0.2, -0.15) is 0 Å². The number of halogens is 4.